The molecule has 0 amide bonds. The Morgan fingerprint density at radius 1 is 1.35 bits per heavy atom. The van der Waals surface area contributed by atoms with Gasteiger partial charge in [-0.1, -0.05) is 31.8 Å². The van der Waals surface area contributed by atoms with E-state index in [4.69, 9.17) is 4.74 Å². The van der Waals surface area contributed by atoms with E-state index in [1.165, 1.54) is 4.31 Å². The lowest BCUT2D eigenvalue weighted by Crippen LogP contribution is -2.49. The van der Waals surface area contributed by atoms with Crippen molar-refractivity contribution < 1.29 is 18.3 Å². The summed E-state index contributed by atoms with van der Waals surface area (Å²) < 4.78 is 34.9. The second-order valence-electron chi connectivity index (χ2n) is 9.01. The lowest BCUT2D eigenvalue weighted by atomic mass is 10.0. The van der Waals surface area contributed by atoms with Crippen molar-refractivity contribution in [1.82, 2.24) is 14.2 Å². The highest BCUT2D eigenvalue weighted by Gasteiger charge is 2.38. The van der Waals surface area contributed by atoms with Crippen molar-refractivity contribution >= 4 is 10.0 Å². The van der Waals surface area contributed by atoms with Crippen LogP contribution in [0.5, 0.6) is 5.75 Å². The van der Waals surface area contributed by atoms with Gasteiger partial charge in [-0.05, 0) is 50.2 Å². The summed E-state index contributed by atoms with van der Waals surface area (Å²) in [6.45, 7) is 7.08. The maximum Gasteiger partial charge on any atom is 0.247 e. The third-order valence-corrected chi connectivity index (χ3v) is 7.96. The van der Waals surface area contributed by atoms with Gasteiger partial charge in [0.05, 0.1) is 6.61 Å². The zero-order chi connectivity index (χ0) is 24.7. The standard InChI is InChI=1S/C26H35N3O4S/c1-5-6-7-9-22-11-12-26-24(14-22)33-25(18-28(4)17-23-10-8-13-27-15-23)20(2)16-29(21(3)19-30)34(26,31)32/h8,10-15,20-21,25,30H,5-6,16-19H2,1-4H3/t20-,21-,25-/m0/s1. The molecule has 1 aliphatic rings. The molecule has 1 aromatic heterocycles. The normalized spacial score (nSPS) is 20.9. The Hall–Kier alpha value is -2.44. The number of benzene rings is 1. The highest BCUT2D eigenvalue weighted by Crippen LogP contribution is 2.34. The Bertz CT molecular complexity index is 1110. The monoisotopic (exact) mass is 485 g/mol. The first-order valence-electron chi connectivity index (χ1n) is 11.8. The van der Waals surface area contributed by atoms with Crippen LogP contribution in [0.1, 0.15) is 44.7 Å². The number of sulfonamides is 1. The second kappa shape index (κ2) is 11.8. The quantitative estimate of drug-likeness (QED) is 0.607. The summed E-state index contributed by atoms with van der Waals surface area (Å²) in [4.78, 5) is 6.45. The number of rotatable bonds is 7. The SMILES string of the molecule is CCCC#Cc1ccc2c(c1)O[C@@H](CN(C)Cc1cccnc1)[C@@H](C)CN([C@@H](C)CO)S2(=O)=O. The molecule has 8 heteroatoms. The molecule has 0 aliphatic carbocycles. The van der Waals surface area contributed by atoms with E-state index < -0.39 is 16.1 Å². The Morgan fingerprint density at radius 3 is 2.82 bits per heavy atom. The number of likely N-dealkylation sites (N-methyl/N-ethyl adjacent to an activating group) is 1. The van der Waals surface area contributed by atoms with E-state index in [1.807, 2.05) is 32.3 Å². The van der Waals surface area contributed by atoms with E-state index in [-0.39, 0.29) is 30.1 Å². The first kappa shape index (κ1) is 26.2. The smallest absolute Gasteiger partial charge is 0.247 e. The fraction of sp³-hybridized carbons (Fsp3) is 0.500. The fourth-order valence-electron chi connectivity index (χ4n) is 3.99. The molecule has 0 saturated carbocycles. The first-order valence-corrected chi connectivity index (χ1v) is 13.2. The van der Waals surface area contributed by atoms with E-state index in [0.717, 1.165) is 24.0 Å². The van der Waals surface area contributed by atoms with Crippen molar-refractivity contribution in [1.29, 1.82) is 0 Å². The van der Waals surface area contributed by atoms with Crippen LogP contribution in [-0.4, -0.2) is 66.6 Å². The van der Waals surface area contributed by atoms with E-state index in [0.29, 0.717) is 18.8 Å². The van der Waals surface area contributed by atoms with Gasteiger partial charge >= 0.3 is 0 Å². The maximum atomic E-state index is 13.5. The van der Waals surface area contributed by atoms with Gasteiger partial charge < -0.3 is 9.84 Å². The van der Waals surface area contributed by atoms with Crippen molar-refractivity contribution in [3.05, 3.63) is 53.9 Å². The Kier molecular flexibility index (Phi) is 9.09. The average molecular weight is 486 g/mol. The molecule has 2 aromatic rings. The molecule has 7 nitrogen and oxygen atoms in total. The molecule has 34 heavy (non-hydrogen) atoms. The third-order valence-electron chi connectivity index (χ3n) is 5.94. The Balaban J connectivity index is 1.97. The van der Waals surface area contributed by atoms with Crippen LogP contribution in [0, 0.1) is 17.8 Å². The summed E-state index contributed by atoms with van der Waals surface area (Å²) in [6.07, 6.45) is 5.06. The molecule has 1 aliphatic heterocycles. The summed E-state index contributed by atoms with van der Waals surface area (Å²) in [5.41, 5.74) is 1.82. The zero-order valence-electron chi connectivity index (χ0n) is 20.4. The van der Waals surface area contributed by atoms with Crippen molar-refractivity contribution in [3.8, 4) is 17.6 Å². The van der Waals surface area contributed by atoms with Gasteiger partial charge in [-0.3, -0.25) is 9.88 Å². The van der Waals surface area contributed by atoms with Crippen molar-refractivity contribution in [2.24, 2.45) is 5.92 Å². The Morgan fingerprint density at radius 2 is 2.15 bits per heavy atom. The van der Waals surface area contributed by atoms with Crippen LogP contribution in [0.4, 0.5) is 0 Å². The van der Waals surface area contributed by atoms with Gasteiger partial charge in [0.2, 0.25) is 10.0 Å². The minimum Gasteiger partial charge on any atom is -0.487 e. The van der Waals surface area contributed by atoms with Crippen LogP contribution < -0.4 is 4.74 Å². The average Bonchev–Trinajstić information content (AvgIpc) is 2.81. The van der Waals surface area contributed by atoms with Crippen molar-refractivity contribution in [2.75, 3.05) is 26.7 Å². The van der Waals surface area contributed by atoms with Gasteiger partial charge in [-0.25, -0.2) is 8.42 Å². The third kappa shape index (κ3) is 6.36. The number of nitrogens with zero attached hydrogens (tertiary/aromatic N) is 3. The largest absolute Gasteiger partial charge is 0.487 e. The molecule has 0 unspecified atom stereocenters. The summed E-state index contributed by atoms with van der Waals surface area (Å²) in [6, 6.07) is 8.41. The lowest BCUT2D eigenvalue weighted by molar-refractivity contribution is 0.0733. The summed E-state index contributed by atoms with van der Waals surface area (Å²) >= 11 is 0. The maximum absolute atomic E-state index is 13.5. The minimum atomic E-state index is -3.85. The highest BCUT2D eigenvalue weighted by atomic mass is 32.2. The molecule has 2 heterocycles. The Labute approximate surface area is 203 Å². The van der Waals surface area contributed by atoms with Crippen LogP contribution in [-0.2, 0) is 16.6 Å². The summed E-state index contributed by atoms with van der Waals surface area (Å²) in [7, 11) is -1.84. The number of hydrogen-bond donors (Lipinski definition) is 1. The highest BCUT2D eigenvalue weighted by molar-refractivity contribution is 7.89. The molecule has 1 aromatic carbocycles. The van der Waals surface area contributed by atoms with E-state index >= 15 is 0 Å². The van der Waals surface area contributed by atoms with Gasteiger partial charge in [0.25, 0.3) is 0 Å². The predicted octanol–water partition coefficient (Wildman–Crippen LogP) is 3.13. The van der Waals surface area contributed by atoms with Crippen LogP contribution in [0.15, 0.2) is 47.6 Å². The molecule has 0 saturated heterocycles. The fourth-order valence-corrected chi connectivity index (χ4v) is 5.81. The molecule has 184 valence electrons. The number of aliphatic hydroxyl groups excluding tert-OH is 1. The topological polar surface area (TPSA) is 83.0 Å². The molecule has 1 N–H and O–H groups in total. The minimum absolute atomic E-state index is 0.108. The van der Waals surface area contributed by atoms with Gasteiger partial charge in [0.1, 0.15) is 16.7 Å². The van der Waals surface area contributed by atoms with Gasteiger partial charge in [-0.2, -0.15) is 4.31 Å². The number of aliphatic hydroxyl groups is 1. The number of hydrogen-bond acceptors (Lipinski definition) is 6. The summed E-state index contributed by atoms with van der Waals surface area (Å²) in [5, 5.41) is 9.79. The molecule has 0 spiro atoms. The van der Waals surface area contributed by atoms with E-state index in [9.17, 15) is 13.5 Å². The molecular weight excluding hydrogens is 450 g/mol. The first-order chi connectivity index (χ1) is 16.3. The molecule has 0 radical (unpaired) electrons. The van der Waals surface area contributed by atoms with Crippen LogP contribution >= 0.6 is 0 Å². The van der Waals surface area contributed by atoms with Crippen molar-refractivity contribution in [2.45, 2.75) is 57.2 Å². The van der Waals surface area contributed by atoms with Crippen LogP contribution in [0.3, 0.4) is 0 Å². The number of pyridine rings is 1. The molecule has 0 bridgehead atoms. The lowest BCUT2D eigenvalue weighted by Gasteiger charge is -2.37. The van der Waals surface area contributed by atoms with Gasteiger partial charge in [0.15, 0.2) is 0 Å². The molecular formula is C26H35N3O4S. The number of aromatic nitrogens is 1. The van der Waals surface area contributed by atoms with Crippen molar-refractivity contribution in [3.63, 3.8) is 0 Å². The number of fused-ring (bicyclic) bond motifs is 1. The number of ether oxygens (including phenoxy) is 1. The van der Waals surface area contributed by atoms with Crippen LogP contribution in [0.2, 0.25) is 0 Å². The van der Waals surface area contributed by atoms with E-state index in [1.54, 1.807) is 31.3 Å². The molecule has 3 atom stereocenters. The van der Waals surface area contributed by atoms with Gasteiger partial charge in [-0.15, -0.1) is 0 Å². The summed E-state index contributed by atoms with van der Waals surface area (Å²) in [5.74, 6) is 6.42. The van der Waals surface area contributed by atoms with E-state index in [2.05, 4.69) is 28.6 Å². The molecule has 0 fully saturated rings. The zero-order valence-corrected chi connectivity index (χ0v) is 21.3. The van der Waals surface area contributed by atoms with Gasteiger partial charge in [0, 0.05) is 56.0 Å². The number of unbranched alkanes of at least 4 members (excludes halogenated alkanes) is 1. The molecule has 3 rings (SSSR count). The predicted molar refractivity (Wildman–Crippen MR) is 133 cm³/mol. The second-order valence-corrected chi connectivity index (χ2v) is 10.9. The van der Waals surface area contributed by atoms with Crippen LogP contribution in [0.25, 0.3) is 0 Å².